The molecule has 0 unspecified atom stereocenters. The maximum Gasteiger partial charge on any atom is 0.182 e. The van der Waals surface area contributed by atoms with Crippen LogP contribution in [-0.2, 0) is 6.54 Å². The molecule has 23 heavy (non-hydrogen) atoms. The Kier molecular flexibility index (Phi) is 5.66. The average Bonchev–Trinajstić information content (AvgIpc) is 2.58. The molecule has 4 heteroatoms. The molecular weight excluding hydrogens is 352 g/mol. The third-order valence-corrected chi connectivity index (χ3v) is 3.53. The van der Waals surface area contributed by atoms with Crippen molar-refractivity contribution in [1.82, 2.24) is 4.57 Å². The number of nitrogens with one attached hydrogen (secondary N) is 1. The van der Waals surface area contributed by atoms with E-state index in [2.05, 4.69) is 12.1 Å². The third kappa shape index (κ3) is 4.27. The number of nitrogens with zero attached hydrogens (tertiary/aromatic N) is 1. The second-order valence-corrected chi connectivity index (χ2v) is 5.13. The lowest BCUT2D eigenvalue weighted by atomic mass is 10.0. The highest BCUT2D eigenvalue weighted by Crippen LogP contribution is 2.19. The molecule has 1 aromatic heterocycles. The molecule has 0 aliphatic carbocycles. The molecule has 0 saturated carbocycles. The summed E-state index contributed by atoms with van der Waals surface area (Å²) in [6, 6.07) is 21.1. The number of benzene rings is 2. The summed E-state index contributed by atoms with van der Waals surface area (Å²) in [6.45, 7) is 0.283. The molecule has 3 aromatic rings. The predicted molar refractivity (Wildman–Crippen MR) is 86.5 cm³/mol. The molecule has 0 saturated heterocycles. The van der Waals surface area contributed by atoms with E-state index in [9.17, 15) is 4.79 Å². The summed E-state index contributed by atoms with van der Waals surface area (Å²) in [4.78, 5) is 12.3. The van der Waals surface area contributed by atoms with Crippen molar-refractivity contribution in [3.8, 4) is 11.1 Å². The molecule has 1 N–H and O–H groups in total. The molecular formula is C19H16BrN2O-. The molecule has 0 aliphatic rings. The summed E-state index contributed by atoms with van der Waals surface area (Å²) in [6.07, 6.45) is 3.50. The van der Waals surface area contributed by atoms with Crippen molar-refractivity contribution >= 4 is 5.78 Å². The number of rotatable bonds is 4. The summed E-state index contributed by atoms with van der Waals surface area (Å²) in [5.41, 5.74) is 2.94. The van der Waals surface area contributed by atoms with Gasteiger partial charge in [0.1, 0.15) is 0 Å². The van der Waals surface area contributed by atoms with Gasteiger partial charge in [-0.2, -0.15) is 0 Å². The van der Waals surface area contributed by atoms with Gasteiger partial charge in [-0.15, -0.1) is 0 Å². The maximum atomic E-state index is 12.3. The van der Waals surface area contributed by atoms with Gasteiger partial charge in [-0.1, -0.05) is 54.6 Å². The lowest BCUT2D eigenvalue weighted by molar-refractivity contribution is -0.0000126. The number of carbonyl (C=O) groups is 1. The van der Waals surface area contributed by atoms with Crippen molar-refractivity contribution in [2.24, 2.45) is 0 Å². The second-order valence-electron chi connectivity index (χ2n) is 5.13. The number of halogens is 1. The zero-order valence-corrected chi connectivity index (χ0v) is 14.0. The molecule has 0 aliphatic heterocycles. The van der Waals surface area contributed by atoms with Crippen LogP contribution in [0, 0.1) is 5.41 Å². The van der Waals surface area contributed by atoms with E-state index in [4.69, 9.17) is 5.41 Å². The zero-order chi connectivity index (χ0) is 15.4. The predicted octanol–water partition coefficient (Wildman–Crippen LogP) is 0.521. The first-order valence-corrected chi connectivity index (χ1v) is 7.12. The van der Waals surface area contributed by atoms with Crippen LogP contribution in [-0.4, -0.2) is 10.4 Å². The van der Waals surface area contributed by atoms with E-state index in [1.54, 1.807) is 29.1 Å². The number of ketones is 1. The Morgan fingerprint density at radius 3 is 2.00 bits per heavy atom. The van der Waals surface area contributed by atoms with Gasteiger partial charge in [-0.3, -0.25) is 4.79 Å². The van der Waals surface area contributed by atoms with Gasteiger partial charge in [0.2, 0.25) is 0 Å². The van der Waals surface area contributed by atoms with E-state index in [0.717, 1.165) is 11.1 Å². The molecule has 1 heterocycles. The zero-order valence-electron chi connectivity index (χ0n) is 12.4. The monoisotopic (exact) mass is 367 g/mol. The Hall–Kier alpha value is -2.46. The van der Waals surface area contributed by atoms with Crippen molar-refractivity contribution in [1.29, 1.82) is 5.41 Å². The van der Waals surface area contributed by atoms with E-state index in [1.165, 1.54) is 0 Å². The van der Waals surface area contributed by atoms with Gasteiger partial charge in [0, 0.05) is 18.0 Å². The summed E-state index contributed by atoms with van der Waals surface area (Å²) in [5.74, 6) is 0.0577. The van der Waals surface area contributed by atoms with Crippen LogP contribution in [0.3, 0.4) is 0 Å². The van der Waals surface area contributed by atoms with Crippen LogP contribution in [0.1, 0.15) is 10.4 Å². The minimum Gasteiger partial charge on any atom is -1.00 e. The first-order chi connectivity index (χ1) is 10.7. The standard InChI is InChI=1S/C19H16N2O.BrH/c20-18-10-12-21(13-11-18)14-19(22)17-8-6-16(7-9-17)15-4-2-1-3-5-15;/h1-13,20H,14H2;1H/p-1. The van der Waals surface area contributed by atoms with Gasteiger partial charge in [-0.05, 0) is 23.3 Å². The molecule has 2 aromatic carbocycles. The van der Waals surface area contributed by atoms with Crippen molar-refractivity contribution in [3.63, 3.8) is 0 Å². The molecule has 0 fully saturated rings. The minimum absolute atomic E-state index is 0. The van der Waals surface area contributed by atoms with Crippen LogP contribution >= 0.6 is 0 Å². The number of aromatic nitrogens is 1. The number of pyridine rings is 1. The molecule has 0 atom stereocenters. The SMILES string of the molecule is N=c1ccn(CC(=O)c2ccc(-c3ccccc3)cc2)cc1.[Br-]. The van der Waals surface area contributed by atoms with Gasteiger partial charge in [-0.25, -0.2) is 0 Å². The van der Waals surface area contributed by atoms with E-state index in [1.807, 2.05) is 42.5 Å². The van der Waals surface area contributed by atoms with E-state index < -0.39 is 0 Å². The Bertz CT molecular complexity index is 819. The van der Waals surface area contributed by atoms with Gasteiger partial charge >= 0.3 is 0 Å². The average molecular weight is 368 g/mol. The van der Waals surface area contributed by atoms with E-state index >= 15 is 0 Å². The smallest absolute Gasteiger partial charge is 0.182 e. The van der Waals surface area contributed by atoms with E-state index in [-0.39, 0.29) is 29.3 Å². The summed E-state index contributed by atoms with van der Waals surface area (Å²) >= 11 is 0. The Morgan fingerprint density at radius 1 is 0.826 bits per heavy atom. The van der Waals surface area contributed by atoms with Crippen LogP contribution in [0.2, 0.25) is 0 Å². The minimum atomic E-state index is 0. The fourth-order valence-corrected chi connectivity index (χ4v) is 2.30. The molecule has 3 nitrogen and oxygen atoms in total. The molecule has 116 valence electrons. The molecule has 0 amide bonds. The number of hydrogen-bond donors (Lipinski definition) is 1. The lowest BCUT2D eigenvalue weighted by Crippen LogP contribution is -3.00. The molecule has 0 spiro atoms. The second kappa shape index (κ2) is 7.70. The van der Waals surface area contributed by atoms with Crippen LogP contribution < -0.4 is 22.3 Å². The number of carbonyl (C=O) groups excluding carboxylic acids is 1. The van der Waals surface area contributed by atoms with Crippen molar-refractivity contribution in [3.05, 3.63) is 90.0 Å². The highest BCUT2D eigenvalue weighted by molar-refractivity contribution is 5.96. The van der Waals surface area contributed by atoms with Crippen molar-refractivity contribution in [2.45, 2.75) is 6.54 Å². The highest BCUT2D eigenvalue weighted by Gasteiger charge is 2.06. The van der Waals surface area contributed by atoms with Gasteiger partial charge in [0.25, 0.3) is 0 Å². The maximum absolute atomic E-state index is 12.3. The van der Waals surface area contributed by atoms with E-state index in [0.29, 0.717) is 10.9 Å². The lowest BCUT2D eigenvalue weighted by Gasteiger charge is -2.06. The van der Waals surface area contributed by atoms with Crippen LogP contribution in [0.4, 0.5) is 0 Å². The largest absolute Gasteiger partial charge is 1.00 e. The normalized spacial score (nSPS) is 9.91. The molecule has 3 rings (SSSR count). The number of Topliss-reactive ketones (excluding diaryl/α,β-unsaturated/α-hetero) is 1. The fourth-order valence-electron chi connectivity index (χ4n) is 2.30. The topological polar surface area (TPSA) is 45.9 Å². The van der Waals surface area contributed by atoms with Crippen LogP contribution in [0.15, 0.2) is 79.1 Å². The third-order valence-electron chi connectivity index (χ3n) is 3.53. The van der Waals surface area contributed by atoms with Gasteiger partial charge < -0.3 is 27.0 Å². The summed E-state index contributed by atoms with van der Waals surface area (Å²) in [7, 11) is 0. The Morgan fingerprint density at radius 2 is 1.39 bits per heavy atom. The number of hydrogen-bond acceptors (Lipinski definition) is 2. The first kappa shape index (κ1) is 16.9. The quantitative estimate of drug-likeness (QED) is 0.671. The van der Waals surface area contributed by atoms with Crippen LogP contribution in [0.5, 0.6) is 0 Å². The fraction of sp³-hybridized carbons (Fsp3) is 0.0526. The van der Waals surface area contributed by atoms with Crippen molar-refractivity contribution in [2.75, 3.05) is 0 Å². The molecule has 0 radical (unpaired) electrons. The highest BCUT2D eigenvalue weighted by atomic mass is 79.9. The molecule has 0 bridgehead atoms. The van der Waals surface area contributed by atoms with Crippen LogP contribution in [0.25, 0.3) is 11.1 Å². The van der Waals surface area contributed by atoms with Gasteiger partial charge in [0.05, 0.1) is 11.9 Å². The van der Waals surface area contributed by atoms with Crippen molar-refractivity contribution < 1.29 is 21.8 Å². The Balaban J connectivity index is 0.00000192. The first-order valence-electron chi connectivity index (χ1n) is 7.12. The Labute approximate surface area is 145 Å². The summed E-state index contributed by atoms with van der Waals surface area (Å²) in [5, 5.41) is 7.89. The summed E-state index contributed by atoms with van der Waals surface area (Å²) < 4.78 is 1.78. The van der Waals surface area contributed by atoms with Gasteiger partial charge in [0.15, 0.2) is 5.78 Å².